The molecule has 0 saturated carbocycles. The van der Waals surface area contributed by atoms with Crippen molar-refractivity contribution >= 4 is 0 Å². The van der Waals surface area contributed by atoms with Crippen LogP contribution in [0.5, 0.6) is 0 Å². The molecule has 0 bridgehead atoms. The van der Waals surface area contributed by atoms with Crippen LogP contribution in [0.2, 0.25) is 0 Å². The fourth-order valence-corrected chi connectivity index (χ4v) is 2.35. The summed E-state index contributed by atoms with van der Waals surface area (Å²) in [5, 5.41) is 10.9. The quantitative estimate of drug-likeness (QED) is 0.718. The molecule has 1 aliphatic rings. The smallest absolute Gasteiger partial charge is 0.0641 e. The lowest BCUT2D eigenvalue weighted by Crippen LogP contribution is -2.21. The standard InChI is InChI=1S/C11H19N3/c1-8-11(9(2)14-13-8)10-6-4-3-5-7-12-10/h10,12H,3-7H2,1-2H3,(H,13,14)/t10-/m0/s1. The topological polar surface area (TPSA) is 40.7 Å². The highest BCUT2D eigenvalue weighted by atomic mass is 15.1. The Morgan fingerprint density at radius 2 is 2.07 bits per heavy atom. The number of aromatic nitrogens is 2. The molecule has 0 amide bonds. The monoisotopic (exact) mass is 193 g/mol. The van der Waals surface area contributed by atoms with Gasteiger partial charge < -0.3 is 5.32 Å². The van der Waals surface area contributed by atoms with Gasteiger partial charge in [-0.15, -0.1) is 0 Å². The van der Waals surface area contributed by atoms with Crippen LogP contribution in [-0.4, -0.2) is 16.7 Å². The Bertz CT molecular complexity index is 276. The fraction of sp³-hybridized carbons (Fsp3) is 0.727. The third kappa shape index (κ3) is 1.82. The number of H-pyrrole nitrogens is 1. The molecular weight excluding hydrogens is 174 g/mol. The second kappa shape index (κ2) is 4.13. The Labute approximate surface area is 85.3 Å². The van der Waals surface area contributed by atoms with E-state index in [2.05, 4.69) is 29.4 Å². The molecule has 0 unspecified atom stereocenters. The summed E-state index contributed by atoms with van der Waals surface area (Å²) in [6, 6.07) is 0.524. The normalized spacial score (nSPS) is 23.4. The molecule has 1 atom stereocenters. The number of aryl methyl sites for hydroxylation is 2. The Hall–Kier alpha value is -0.830. The lowest BCUT2D eigenvalue weighted by molar-refractivity contribution is 0.530. The minimum Gasteiger partial charge on any atom is -0.310 e. The van der Waals surface area contributed by atoms with Gasteiger partial charge in [-0.2, -0.15) is 5.10 Å². The van der Waals surface area contributed by atoms with E-state index >= 15 is 0 Å². The Balaban J connectivity index is 2.19. The van der Waals surface area contributed by atoms with Crippen molar-refractivity contribution in [3.63, 3.8) is 0 Å². The number of hydrogen-bond donors (Lipinski definition) is 2. The predicted octanol–water partition coefficient (Wildman–Crippen LogP) is 2.23. The van der Waals surface area contributed by atoms with Gasteiger partial charge in [0.05, 0.1) is 5.69 Å². The Kier molecular flexibility index (Phi) is 2.87. The molecule has 2 rings (SSSR count). The first-order valence-electron chi connectivity index (χ1n) is 5.54. The second-order valence-corrected chi connectivity index (χ2v) is 4.20. The first-order valence-corrected chi connectivity index (χ1v) is 5.54. The van der Waals surface area contributed by atoms with Crippen molar-refractivity contribution in [2.75, 3.05) is 6.54 Å². The van der Waals surface area contributed by atoms with E-state index < -0.39 is 0 Å². The van der Waals surface area contributed by atoms with E-state index in [1.165, 1.54) is 36.9 Å². The summed E-state index contributed by atoms with van der Waals surface area (Å²) in [5.74, 6) is 0. The number of aromatic amines is 1. The third-order valence-electron chi connectivity index (χ3n) is 3.09. The SMILES string of the molecule is Cc1n[nH]c(C)c1[C@@H]1CCCCCN1. The minimum absolute atomic E-state index is 0.524. The molecular formula is C11H19N3. The molecule has 1 fully saturated rings. The van der Waals surface area contributed by atoms with Gasteiger partial charge in [0.25, 0.3) is 0 Å². The number of hydrogen-bond acceptors (Lipinski definition) is 2. The first-order chi connectivity index (χ1) is 6.79. The van der Waals surface area contributed by atoms with Gasteiger partial charge in [-0.25, -0.2) is 0 Å². The van der Waals surface area contributed by atoms with Crippen molar-refractivity contribution in [3.8, 4) is 0 Å². The first kappa shape index (κ1) is 9.71. The van der Waals surface area contributed by atoms with E-state index in [1.54, 1.807) is 0 Å². The van der Waals surface area contributed by atoms with E-state index in [4.69, 9.17) is 0 Å². The van der Waals surface area contributed by atoms with Gasteiger partial charge in [0.15, 0.2) is 0 Å². The second-order valence-electron chi connectivity index (χ2n) is 4.20. The van der Waals surface area contributed by atoms with E-state index in [9.17, 15) is 0 Å². The van der Waals surface area contributed by atoms with Crippen molar-refractivity contribution in [2.45, 2.75) is 45.6 Å². The Morgan fingerprint density at radius 1 is 1.21 bits per heavy atom. The molecule has 78 valence electrons. The summed E-state index contributed by atoms with van der Waals surface area (Å²) < 4.78 is 0. The molecule has 0 aromatic carbocycles. The average molecular weight is 193 g/mol. The highest BCUT2D eigenvalue weighted by molar-refractivity contribution is 5.27. The summed E-state index contributed by atoms with van der Waals surface area (Å²) in [5.41, 5.74) is 3.77. The minimum atomic E-state index is 0.524. The zero-order valence-corrected chi connectivity index (χ0v) is 9.06. The van der Waals surface area contributed by atoms with Crippen LogP contribution in [0.15, 0.2) is 0 Å². The molecule has 1 saturated heterocycles. The molecule has 2 heterocycles. The fourth-order valence-electron chi connectivity index (χ4n) is 2.35. The zero-order chi connectivity index (χ0) is 9.97. The molecule has 1 aromatic rings. The summed E-state index contributed by atoms with van der Waals surface area (Å²) in [6.45, 7) is 5.35. The molecule has 1 aliphatic heterocycles. The lowest BCUT2D eigenvalue weighted by atomic mass is 10.0. The van der Waals surface area contributed by atoms with Gasteiger partial charge in [0.2, 0.25) is 0 Å². The van der Waals surface area contributed by atoms with E-state index in [0.29, 0.717) is 6.04 Å². The molecule has 3 heteroatoms. The van der Waals surface area contributed by atoms with Crippen LogP contribution >= 0.6 is 0 Å². The van der Waals surface area contributed by atoms with Crippen molar-refractivity contribution in [2.24, 2.45) is 0 Å². The molecule has 0 aliphatic carbocycles. The van der Waals surface area contributed by atoms with Crippen LogP contribution in [0.4, 0.5) is 0 Å². The Morgan fingerprint density at radius 3 is 2.79 bits per heavy atom. The molecule has 0 radical (unpaired) electrons. The summed E-state index contributed by atoms with van der Waals surface area (Å²) >= 11 is 0. The van der Waals surface area contributed by atoms with Crippen LogP contribution in [0.1, 0.15) is 48.7 Å². The van der Waals surface area contributed by atoms with Gasteiger partial charge in [-0.3, -0.25) is 5.10 Å². The van der Waals surface area contributed by atoms with Gasteiger partial charge in [0, 0.05) is 17.3 Å². The molecule has 14 heavy (non-hydrogen) atoms. The van der Waals surface area contributed by atoms with Crippen LogP contribution in [0.3, 0.4) is 0 Å². The van der Waals surface area contributed by atoms with E-state index in [1.807, 2.05) is 0 Å². The maximum absolute atomic E-state index is 4.26. The highest BCUT2D eigenvalue weighted by Gasteiger charge is 2.19. The van der Waals surface area contributed by atoms with Gasteiger partial charge in [-0.1, -0.05) is 12.8 Å². The van der Waals surface area contributed by atoms with E-state index in [-0.39, 0.29) is 0 Å². The number of rotatable bonds is 1. The largest absolute Gasteiger partial charge is 0.310 e. The maximum atomic E-state index is 4.26. The molecule has 1 aromatic heterocycles. The lowest BCUT2D eigenvalue weighted by Gasteiger charge is -2.16. The van der Waals surface area contributed by atoms with Crippen molar-refractivity contribution in [3.05, 3.63) is 17.0 Å². The van der Waals surface area contributed by atoms with Crippen LogP contribution in [0, 0.1) is 13.8 Å². The summed E-state index contributed by atoms with van der Waals surface area (Å²) in [7, 11) is 0. The molecule has 2 N–H and O–H groups in total. The zero-order valence-electron chi connectivity index (χ0n) is 9.06. The summed E-state index contributed by atoms with van der Waals surface area (Å²) in [6.07, 6.45) is 5.26. The predicted molar refractivity (Wildman–Crippen MR) is 57.3 cm³/mol. The average Bonchev–Trinajstić information content (AvgIpc) is 2.45. The van der Waals surface area contributed by atoms with E-state index in [0.717, 1.165) is 12.2 Å². The third-order valence-corrected chi connectivity index (χ3v) is 3.09. The number of nitrogens with zero attached hydrogens (tertiary/aromatic N) is 1. The maximum Gasteiger partial charge on any atom is 0.0641 e. The van der Waals surface area contributed by atoms with Crippen molar-refractivity contribution in [1.29, 1.82) is 0 Å². The van der Waals surface area contributed by atoms with Crippen molar-refractivity contribution < 1.29 is 0 Å². The summed E-state index contributed by atoms with van der Waals surface area (Å²) in [4.78, 5) is 0. The van der Waals surface area contributed by atoms with Crippen LogP contribution in [0.25, 0.3) is 0 Å². The number of nitrogens with one attached hydrogen (secondary N) is 2. The highest BCUT2D eigenvalue weighted by Crippen LogP contribution is 2.26. The van der Waals surface area contributed by atoms with Gasteiger partial charge >= 0.3 is 0 Å². The van der Waals surface area contributed by atoms with Crippen LogP contribution in [-0.2, 0) is 0 Å². The molecule has 3 nitrogen and oxygen atoms in total. The van der Waals surface area contributed by atoms with Crippen LogP contribution < -0.4 is 5.32 Å². The van der Waals surface area contributed by atoms with Crippen molar-refractivity contribution in [1.82, 2.24) is 15.5 Å². The molecule has 0 spiro atoms. The van der Waals surface area contributed by atoms with Gasteiger partial charge in [-0.05, 0) is 33.2 Å². The van der Waals surface area contributed by atoms with Gasteiger partial charge in [0.1, 0.15) is 0 Å².